The summed E-state index contributed by atoms with van der Waals surface area (Å²) in [6, 6.07) is 15.9. The molecule has 0 spiro atoms. The minimum Gasteiger partial charge on any atom is -0.478 e. The number of aliphatic carboxylic acids is 2. The summed E-state index contributed by atoms with van der Waals surface area (Å²) in [5, 5.41) is 19.0. The molecule has 8 heteroatoms. The number of nitrogens with one attached hydrogen (secondary N) is 1. The number of carbonyl (C=O) groups is 3. The quantitative estimate of drug-likeness (QED) is 0.396. The Balaban J connectivity index is 0.000000366. The van der Waals surface area contributed by atoms with E-state index in [4.69, 9.17) is 15.9 Å². The van der Waals surface area contributed by atoms with Gasteiger partial charge in [0.1, 0.15) is 0 Å². The van der Waals surface area contributed by atoms with E-state index in [1.807, 2.05) is 53.4 Å². The van der Waals surface area contributed by atoms with Gasteiger partial charge in [-0.1, -0.05) is 50.2 Å². The van der Waals surface area contributed by atoms with E-state index >= 15 is 0 Å². The lowest BCUT2D eigenvalue weighted by Crippen LogP contribution is -2.37. The molecule has 0 aromatic heterocycles. The maximum absolute atomic E-state index is 12.8. The van der Waals surface area contributed by atoms with Gasteiger partial charge in [0, 0.05) is 48.1 Å². The Morgan fingerprint density at radius 3 is 2.13 bits per heavy atom. The number of para-hydroxylation sites is 1. The second-order valence-electron chi connectivity index (χ2n) is 7.24. The van der Waals surface area contributed by atoms with Crippen molar-refractivity contribution in [3.63, 3.8) is 0 Å². The standard InChI is InChI=1S/C19H23N3O.C4H4O4/c1-13(2)21-11-12-22-18(16-9-5-6-10-17(16)20)14-7-3-4-8-15(14)19(22)23;5-3(6)1-2-4(7)8/h3-10,13,18,21H,11-12,20H2,1-2H3;1-2H,(H,5,6)(H,7,8)/b;2-1+. The number of nitrogens with two attached hydrogens (primary N) is 1. The van der Waals surface area contributed by atoms with Crippen LogP contribution in [0.4, 0.5) is 5.69 Å². The highest BCUT2D eigenvalue weighted by molar-refractivity contribution is 6.00. The van der Waals surface area contributed by atoms with Gasteiger partial charge in [-0.25, -0.2) is 9.59 Å². The molecule has 2 aromatic rings. The van der Waals surface area contributed by atoms with Crippen LogP contribution in [0.3, 0.4) is 0 Å². The molecular weight excluding hydrogens is 398 g/mol. The normalized spacial score (nSPS) is 15.0. The van der Waals surface area contributed by atoms with Gasteiger partial charge in [0.2, 0.25) is 0 Å². The van der Waals surface area contributed by atoms with Gasteiger partial charge in [-0.05, 0) is 17.7 Å². The van der Waals surface area contributed by atoms with Crippen molar-refractivity contribution in [2.75, 3.05) is 18.8 Å². The molecule has 2 aromatic carbocycles. The van der Waals surface area contributed by atoms with E-state index in [1.165, 1.54) is 0 Å². The predicted octanol–water partition coefficient (Wildman–Crippen LogP) is 2.52. The number of rotatable bonds is 7. The van der Waals surface area contributed by atoms with Crippen LogP contribution in [-0.2, 0) is 9.59 Å². The van der Waals surface area contributed by atoms with Crippen LogP contribution in [0.25, 0.3) is 0 Å². The zero-order valence-electron chi connectivity index (χ0n) is 17.5. The first-order valence-corrected chi connectivity index (χ1v) is 9.84. The number of hydrogen-bond acceptors (Lipinski definition) is 5. The molecule has 1 aliphatic rings. The Hall–Kier alpha value is -3.65. The van der Waals surface area contributed by atoms with Gasteiger partial charge < -0.3 is 26.2 Å². The Bertz CT molecular complexity index is 955. The molecule has 1 aliphatic heterocycles. The Labute approximate surface area is 181 Å². The molecule has 1 unspecified atom stereocenters. The number of carboxylic acid groups (broad SMARTS) is 2. The third kappa shape index (κ3) is 6.42. The minimum atomic E-state index is -1.26. The molecule has 31 heavy (non-hydrogen) atoms. The van der Waals surface area contributed by atoms with Crippen LogP contribution >= 0.6 is 0 Å². The van der Waals surface area contributed by atoms with Gasteiger partial charge in [-0.15, -0.1) is 0 Å². The summed E-state index contributed by atoms with van der Waals surface area (Å²) in [5.41, 5.74) is 9.73. The van der Waals surface area contributed by atoms with Crippen LogP contribution in [-0.4, -0.2) is 52.1 Å². The topological polar surface area (TPSA) is 133 Å². The molecular formula is C23H27N3O5. The smallest absolute Gasteiger partial charge is 0.328 e. The lowest BCUT2D eigenvalue weighted by molar-refractivity contribution is -0.134. The number of amides is 1. The summed E-state index contributed by atoms with van der Waals surface area (Å²) < 4.78 is 0. The lowest BCUT2D eigenvalue weighted by atomic mass is 9.96. The van der Waals surface area contributed by atoms with Crippen molar-refractivity contribution in [2.45, 2.75) is 25.9 Å². The monoisotopic (exact) mass is 425 g/mol. The Morgan fingerprint density at radius 2 is 1.58 bits per heavy atom. The van der Waals surface area contributed by atoms with Crippen LogP contribution in [0.15, 0.2) is 60.7 Å². The molecule has 0 radical (unpaired) electrons. The summed E-state index contributed by atoms with van der Waals surface area (Å²) in [4.78, 5) is 33.9. The van der Waals surface area contributed by atoms with E-state index < -0.39 is 11.9 Å². The lowest BCUT2D eigenvalue weighted by Gasteiger charge is -2.27. The van der Waals surface area contributed by atoms with Crippen molar-refractivity contribution in [1.82, 2.24) is 10.2 Å². The second kappa shape index (κ2) is 10.9. The molecule has 0 saturated carbocycles. The van der Waals surface area contributed by atoms with E-state index in [0.717, 1.165) is 28.9 Å². The van der Waals surface area contributed by atoms with Crippen molar-refractivity contribution in [3.8, 4) is 0 Å². The summed E-state index contributed by atoms with van der Waals surface area (Å²) in [6.07, 6.45) is 1.12. The predicted molar refractivity (Wildman–Crippen MR) is 118 cm³/mol. The van der Waals surface area contributed by atoms with E-state index in [1.54, 1.807) is 0 Å². The van der Waals surface area contributed by atoms with Crippen molar-refractivity contribution < 1.29 is 24.6 Å². The highest BCUT2D eigenvalue weighted by Gasteiger charge is 2.37. The van der Waals surface area contributed by atoms with E-state index in [2.05, 4.69) is 19.2 Å². The highest BCUT2D eigenvalue weighted by Crippen LogP contribution is 2.39. The average molecular weight is 425 g/mol. The molecule has 1 amide bonds. The fourth-order valence-corrected chi connectivity index (χ4v) is 3.31. The van der Waals surface area contributed by atoms with E-state index in [9.17, 15) is 14.4 Å². The van der Waals surface area contributed by atoms with Gasteiger partial charge >= 0.3 is 11.9 Å². The largest absolute Gasteiger partial charge is 0.478 e. The van der Waals surface area contributed by atoms with Crippen LogP contribution in [0.5, 0.6) is 0 Å². The molecule has 3 rings (SSSR count). The molecule has 164 valence electrons. The molecule has 1 atom stereocenters. The molecule has 0 fully saturated rings. The highest BCUT2D eigenvalue weighted by atomic mass is 16.4. The SMILES string of the molecule is CC(C)NCCN1C(=O)c2ccccc2C1c1ccccc1N.O=C(O)/C=C/C(=O)O. The zero-order valence-corrected chi connectivity index (χ0v) is 17.5. The van der Waals surface area contributed by atoms with Crippen LogP contribution in [0.1, 0.15) is 41.4 Å². The average Bonchev–Trinajstić information content (AvgIpc) is 2.99. The van der Waals surface area contributed by atoms with Gasteiger partial charge in [0.05, 0.1) is 6.04 Å². The maximum Gasteiger partial charge on any atom is 0.328 e. The van der Waals surface area contributed by atoms with Crippen LogP contribution < -0.4 is 11.1 Å². The molecule has 5 N–H and O–H groups in total. The van der Waals surface area contributed by atoms with Crippen molar-refractivity contribution in [1.29, 1.82) is 0 Å². The second-order valence-corrected chi connectivity index (χ2v) is 7.24. The fraction of sp³-hybridized carbons (Fsp3) is 0.261. The number of fused-ring (bicyclic) bond motifs is 1. The number of nitrogens with zero attached hydrogens (tertiary/aromatic N) is 1. The molecule has 8 nitrogen and oxygen atoms in total. The third-order valence-electron chi connectivity index (χ3n) is 4.62. The number of carbonyl (C=O) groups excluding carboxylic acids is 1. The number of benzene rings is 2. The van der Waals surface area contributed by atoms with Gasteiger partial charge in [0.15, 0.2) is 0 Å². The number of anilines is 1. The first-order valence-electron chi connectivity index (χ1n) is 9.84. The van der Waals surface area contributed by atoms with Crippen molar-refractivity contribution in [3.05, 3.63) is 77.4 Å². The molecule has 0 aliphatic carbocycles. The zero-order chi connectivity index (χ0) is 23.0. The van der Waals surface area contributed by atoms with E-state index in [-0.39, 0.29) is 11.9 Å². The molecule has 1 heterocycles. The minimum absolute atomic E-state index is 0.0828. The van der Waals surface area contributed by atoms with Crippen LogP contribution in [0.2, 0.25) is 0 Å². The molecule has 0 saturated heterocycles. The van der Waals surface area contributed by atoms with E-state index in [0.29, 0.717) is 24.7 Å². The fourth-order valence-electron chi connectivity index (χ4n) is 3.31. The summed E-state index contributed by atoms with van der Waals surface area (Å²) in [7, 11) is 0. The number of carboxylic acids is 2. The first kappa shape index (κ1) is 23.6. The third-order valence-corrected chi connectivity index (χ3v) is 4.62. The van der Waals surface area contributed by atoms with Gasteiger partial charge in [-0.2, -0.15) is 0 Å². The van der Waals surface area contributed by atoms with Gasteiger partial charge in [0.25, 0.3) is 5.91 Å². The van der Waals surface area contributed by atoms with Crippen LogP contribution in [0, 0.1) is 0 Å². The molecule has 0 bridgehead atoms. The Morgan fingerprint density at radius 1 is 1.03 bits per heavy atom. The summed E-state index contributed by atoms with van der Waals surface area (Å²) in [5.74, 6) is -2.43. The van der Waals surface area contributed by atoms with Crippen molar-refractivity contribution >= 4 is 23.5 Å². The first-order chi connectivity index (χ1) is 14.7. The maximum atomic E-state index is 12.8. The summed E-state index contributed by atoms with van der Waals surface area (Å²) >= 11 is 0. The van der Waals surface area contributed by atoms with Crippen molar-refractivity contribution in [2.24, 2.45) is 0 Å². The number of nitrogen functional groups attached to an aromatic ring is 1. The Kier molecular flexibility index (Phi) is 8.33. The van der Waals surface area contributed by atoms with Gasteiger partial charge in [-0.3, -0.25) is 4.79 Å². The number of hydrogen-bond donors (Lipinski definition) is 4. The summed E-state index contributed by atoms with van der Waals surface area (Å²) in [6.45, 7) is 5.63.